The van der Waals surface area contributed by atoms with Gasteiger partial charge in [-0.05, 0) is 42.5 Å². The summed E-state index contributed by atoms with van der Waals surface area (Å²) in [5.74, 6) is 2.65. The van der Waals surface area contributed by atoms with E-state index in [0.29, 0.717) is 34.0 Å². The molecule has 1 heterocycles. The van der Waals surface area contributed by atoms with E-state index in [4.69, 9.17) is 26.8 Å². The molecule has 7 heteroatoms. The molecule has 0 aliphatic rings. The van der Waals surface area contributed by atoms with Crippen molar-refractivity contribution in [3.63, 3.8) is 0 Å². The highest BCUT2D eigenvalue weighted by Crippen LogP contribution is 2.32. The average Bonchev–Trinajstić information content (AvgIpc) is 2.62. The fourth-order valence-corrected chi connectivity index (χ4v) is 2.44. The number of aromatic nitrogens is 2. The van der Waals surface area contributed by atoms with Gasteiger partial charge < -0.3 is 20.5 Å². The number of nitrogen functional groups attached to an aromatic ring is 1. The molecule has 0 atom stereocenters. The Balaban J connectivity index is 1.95. The van der Waals surface area contributed by atoms with Crippen LogP contribution in [0.5, 0.6) is 11.5 Å². The summed E-state index contributed by atoms with van der Waals surface area (Å²) in [5.41, 5.74) is 7.55. The van der Waals surface area contributed by atoms with Gasteiger partial charge in [0.05, 0.1) is 14.2 Å². The van der Waals surface area contributed by atoms with Crippen LogP contribution in [-0.4, -0.2) is 24.2 Å². The molecule has 0 amide bonds. The van der Waals surface area contributed by atoms with Crippen LogP contribution in [0, 0.1) is 0 Å². The summed E-state index contributed by atoms with van der Waals surface area (Å²) in [7, 11) is 3.16. The third-order valence-corrected chi connectivity index (χ3v) is 3.76. The predicted molar refractivity (Wildman–Crippen MR) is 99.7 cm³/mol. The van der Waals surface area contributed by atoms with Crippen LogP contribution < -0.4 is 20.5 Å². The maximum absolute atomic E-state index is 5.93. The van der Waals surface area contributed by atoms with E-state index >= 15 is 0 Å². The lowest BCUT2D eigenvalue weighted by Crippen LogP contribution is -2.01. The number of nitrogens with one attached hydrogen (secondary N) is 1. The molecule has 0 fully saturated rings. The molecule has 0 radical (unpaired) electrons. The molecule has 0 aliphatic heterocycles. The zero-order valence-electron chi connectivity index (χ0n) is 13.8. The Morgan fingerprint density at radius 1 is 0.920 bits per heavy atom. The highest BCUT2D eigenvalue weighted by Gasteiger charge is 2.10. The Morgan fingerprint density at radius 3 is 2.32 bits per heavy atom. The quantitative estimate of drug-likeness (QED) is 0.715. The van der Waals surface area contributed by atoms with Crippen LogP contribution in [0.15, 0.2) is 48.5 Å². The van der Waals surface area contributed by atoms with Gasteiger partial charge in [0.15, 0.2) is 17.3 Å². The minimum absolute atomic E-state index is 0.358. The molecule has 0 unspecified atom stereocenters. The highest BCUT2D eigenvalue weighted by molar-refractivity contribution is 6.30. The Labute approximate surface area is 150 Å². The number of ether oxygens (including phenoxy) is 2. The van der Waals surface area contributed by atoms with Gasteiger partial charge in [-0.2, -0.15) is 0 Å². The average molecular weight is 357 g/mol. The maximum atomic E-state index is 5.93. The van der Waals surface area contributed by atoms with Gasteiger partial charge in [-0.15, -0.1) is 0 Å². The molecule has 0 aliphatic carbocycles. The summed E-state index contributed by atoms with van der Waals surface area (Å²) in [4.78, 5) is 8.82. The van der Waals surface area contributed by atoms with E-state index in [1.807, 2.05) is 18.2 Å². The first kappa shape index (κ1) is 16.9. The van der Waals surface area contributed by atoms with Crippen molar-refractivity contribution in [3.05, 3.63) is 53.6 Å². The number of anilines is 3. The lowest BCUT2D eigenvalue weighted by Gasteiger charge is -2.11. The molecule has 3 rings (SSSR count). The second-order valence-electron chi connectivity index (χ2n) is 5.20. The van der Waals surface area contributed by atoms with Crippen molar-refractivity contribution < 1.29 is 9.47 Å². The Kier molecular flexibility index (Phi) is 4.90. The summed E-state index contributed by atoms with van der Waals surface area (Å²) in [6.45, 7) is 0. The first-order chi connectivity index (χ1) is 12.1. The van der Waals surface area contributed by atoms with E-state index in [-0.39, 0.29) is 0 Å². The number of methoxy groups -OCH3 is 2. The number of nitrogens with zero attached hydrogens (tertiary/aromatic N) is 2. The highest BCUT2D eigenvalue weighted by atomic mass is 35.5. The molecule has 0 saturated heterocycles. The number of hydrogen-bond donors (Lipinski definition) is 2. The van der Waals surface area contributed by atoms with Gasteiger partial charge in [0, 0.05) is 22.3 Å². The zero-order chi connectivity index (χ0) is 17.8. The fraction of sp³-hybridized carbons (Fsp3) is 0.111. The van der Waals surface area contributed by atoms with Gasteiger partial charge in [-0.1, -0.05) is 11.6 Å². The number of benzene rings is 2. The smallest absolute Gasteiger partial charge is 0.163 e. The lowest BCUT2D eigenvalue weighted by atomic mass is 10.2. The van der Waals surface area contributed by atoms with Gasteiger partial charge in [0.25, 0.3) is 0 Å². The SMILES string of the molecule is COc1ccc(-c2nc(N)cc(Nc3ccc(Cl)cc3)n2)cc1OC. The first-order valence-corrected chi connectivity index (χ1v) is 7.86. The monoisotopic (exact) mass is 356 g/mol. The van der Waals surface area contributed by atoms with Crippen molar-refractivity contribution in [2.45, 2.75) is 0 Å². The maximum Gasteiger partial charge on any atom is 0.163 e. The normalized spacial score (nSPS) is 10.4. The third-order valence-electron chi connectivity index (χ3n) is 3.50. The van der Waals surface area contributed by atoms with Crippen LogP contribution >= 0.6 is 11.6 Å². The summed E-state index contributed by atoms with van der Waals surface area (Å²) < 4.78 is 10.6. The van der Waals surface area contributed by atoms with Gasteiger partial charge in [0.1, 0.15) is 11.6 Å². The summed E-state index contributed by atoms with van der Waals surface area (Å²) in [6.07, 6.45) is 0. The lowest BCUT2D eigenvalue weighted by molar-refractivity contribution is 0.355. The van der Waals surface area contributed by atoms with Crippen molar-refractivity contribution >= 4 is 28.9 Å². The summed E-state index contributed by atoms with van der Waals surface area (Å²) in [6, 6.07) is 14.4. The Hall–Kier alpha value is -2.99. The molecule has 128 valence electrons. The van der Waals surface area contributed by atoms with E-state index in [0.717, 1.165) is 11.3 Å². The number of rotatable bonds is 5. The van der Waals surface area contributed by atoms with Crippen LogP contribution in [0.25, 0.3) is 11.4 Å². The molecule has 1 aromatic heterocycles. The molecule has 25 heavy (non-hydrogen) atoms. The van der Waals surface area contributed by atoms with Crippen LogP contribution in [0.4, 0.5) is 17.3 Å². The van der Waals surface area contributed by atoms with Crippen molar-refractivity contribution in [1.29, 1.82) is 0 Å². The zero-order valence-corrected chi connectivity index (χ0v) is 14.5. The molecule has 2 aromatic carbocycles. The second kappa shape index (κ2) is 7.27. The van der Waals surface area contributed by atoms with Crippen molar-refractivity contribution in [1.82, 2.24) is 9.97 Å². The summed E-state index contributed by atoms with van der Waals surface area (Å²) in [5, 5.41) is 3.85. The Bertz CT molecular complexity index is 885. The minimum atomic E-state index is 0.358. The molecular formula is C18H17ClN4O2. The van der Waals surface area contributed by atoms with E-state index in [1.54, 1.807) is 44.6 Å². The predicted octanol–water partition coefficient (Wildman–Crippen LogP) is 4.14. The van der Waals surface area contributed by atoms with Gasteiger partial charge >= 0.3 is 0 Å². The molecule has 0 saturated carbocycles. The largest absolute Gasteiger partial charge is 0.493 e. The van der Waals surface area contributed by atoms with E-state index in [2.05, 4.69) is 15.3 Å². The van der Waals surface area contributed by atoms with Crippen LogP contribution in [0.3, 0.4) is 0 Å². The van der Waals surface area contributed by atoms with Gasteiger partial charge in [-0.25, -0.2) is 9.97 Å². The van der Waals surface area contributed by atoms with Gasteiger partial charge in [-0.3, -0.25) is 0 Å². The topological polar surface area (TPSA) is 82.3 Å². The van der Waals surface area contributed by atoms with E-state index in [1.165, 1.54) is 0 Å². The van der Waals surface area contributed by atoms with Crippen molar-refractivity contribution in [3.8, 4) is 22.9 Å². The van der Waals surface area contributed by atoms with Gasteiger partial charge in [0.2, 0.25) is 0 Å². The minimum Gasteiger partial charge on any atom is -0.493 e. The fourth-order valence-electron chi connectivity index (χ4n) is 2.32. The molecule has 3 N–H and O–H groups in total. The first-order valence-electron chi connectivity index (χ1n) is 7.48. The van der Waals surface area contributed by atoms with Crippen LogP contribution in [-0.2, 0) is 0 Å². The van der Waals surface area contributed by atoms with E-state index in [9.17, 15) is 0 Å². The van der Waals surface area contributed by atoms with Crippen molar-refractivity contribution in [2.24, 2.45) is 0 Å². The molecule has 6 nitrogen and oxygen atoms in total. The standard InChI is InChI=1S/C18H17ClN4O2/c1-24-14-8-3-11(9-15(14)25-2)18-22-16(20)10-17(23-18)21-13-6-4-12(19)5-7-13/h3-10H,1-2H3,(H3,20,21,22,23). The van der Waals surface area contributed by atoms with Crippen LogP contribution in [0.1, 0.15) is 0 Å². The number of hydrogen-bond acceptors (Lipinski definition) is 6. The summed E-state index contributed by atoms with van der Waals surface area (Å²) >= 11 is 5.90. The van der Waals surface area contributed by atoms with Crippen molar-refractivity contribution in [2.75, 3.05) is 25.3 Å². The Morgan fingerprint density at radius 2 is 1.64 bits per heavy atom. The van der Waals surface area contributed by atoms with E-state index < -0.39 is 0 Å². The molecular weight excluding hydrogens is 340 g/mol. The molecule has 3 aromatic rings. The van der Waals surface area contributed by atoms with Crippen LogP contribution in [0.2, 0.25) is 5.02 Å². The number of halogens is 1. The second-order valence-corrected chi connectivity index (χ2v) is 5.64. The number of nitrogens with two attached hydrogens (primary N) is 1. The molecule has 0 spiro atoms. The third kappa shape index (κ3) is 3.92. The molecule has 0 bridgehead atoms.